The van der Waals surface area contributed by atoms with Crippen LogP contribution in [0.5, 0.6) is 0 Å². The minimum atomic E-state index is -0.348. The largest absolute Gasteiger partial charge is 0.301 e. The van der Waals surface area contributed by atoms with E-state index in [0.717, 1.165) is 38.4 Å². The summed E-state index contributed by atoms with van der Waals surface area (Å²) in [6.45, 7) is 6.69. The molecule has 2 aromatic rings. The van der Waals surface area contributed by atoms with Gasteiger partial charge in [0.2, 0.25) is 5.91 Å². The summed E-state index contributed by atoms with van der Waals surface area (Å²) in [6, 6.07) is 16.2. The molecular weight excluding hydrogens is 366 g/mol. The highest BCUT2D eigenvalue weighted by Gasteiger charge is 2.43. The Balaban J connectivity index is 1.43. The van der Waals surface area contributed by atoms with E-state index in [2.05, 4.69) is 27.0 Å². The Labute approximate surface area is 170 Å². The number of nitrogens with zero attached hydrogens (tertiary/aromatic N) is 5. The monoisotopic (exact) mass is 391 g/mol. The molecule has 0 unspecified atom stereocenters. The molecule has 0 aliphatic carbocycles. The number of azo groups is 1. The highest BCUT2D eigenvalue weighted by Crippen LogP contribution is 2.28. The van der Waals surface area contributed by atoms with Gasteiger partial charge in [-0.3, -0.25) is 14.5 Å². The minimum Gasteiger partial charge on any atom is -0.301 e. The van der Waals surface area contributed by atoms with Crippen LogP contribution in [0.15, 0.2) is 64.8 Å². The van der Waals surface area contributed by atoms with E-state index in [9.17, 15) is 9.59 Å². The molecule has 2 fully saturated rings. The zero-order valence-corrected chi connectivity index (χ0v) is 16.6. The van der Waals surface area contributed by atoms with Crippen LogP contribution in [0.3, 0.4) is 0 Å². The van der Waals surface area contributed by atoms with Gasteiger partial charge in [-0.15, -0.1) is 0 Å². The summed E-state index contributed by atoms with van der Waals surface area (Å²) in [5, 5.41) is 8.40. The van der Waals surface area contributed by atoms with E-state index < -0.39 is 0 Å². The zero-order valence-electron chi connectivity index (χ0n) is 16.6. The number of imide groups is 1. The predicted octanol–water partition coefficient (Wildman–Crippen LogP) is 3.37. The van der Waals surface area contributed by atoms with Gasteiger partial charge < -0.3 is 4.90 Å². The summed E-state index contributed by atoms with van der Waals surface area (Å²) in [5.41, 5.74) is 2.03. The van der Waals surface area contributed by atoms with Crippen LogP contribution in [-0.2, 0) is 9.59 Å². The molecule has 1 atom stereocenters. The van der Waals surface area contributed by atoms with Crippen molar-refractivity contribution in [3.8, 4) is 0 Å². The highest BCUT2D eigenvalue weighted by atomic mass is 16.2. The molecular formula is C22H25N5O2. The van der Waals surface area contributed by atoms with E-state index >= 15 is 0 Å². The maximum Gasteiger partial charge on any atom is 0.251 e. The van der Waals surface area contributed by atoms with Crippen molar-refractivity contribution in [1.29, 1.82) is 0 Å². The summed E-state index contributed by atoms with van der Waals surface area (Å²) in [6.07, 6.45) is 0.250. The molecule has 2 aliphatic rings. The molecule has 2 amide bonds. The Bertz CT molecular complexity index is 889. The van der Waals surface area contributed by atoms with Crippen LogP contribution >= 0.6 is 0 Å². The van der Waals surface area contributed by atoms with Crippen molar-refractivity contribution in [2.75, 3.05) is 37.6 Å². The summed E-state index contributed by atoms with van der Waals surface area (Å²) < 4.78 is 0. The average molecular weight is 391 g/mol. The molecule has 0 aromatic heterocycles. The molecule has 0 N–H and O–H groups in total. The Morgan fingerprint density at radius 1 is 0.862 bits per heavy atom. The second-order valence-electron chi connectivity index (χ2n) is 7.31. The summed E-state index contributed by atoms with van der Waals surface area (Å²) in [7, 11) is 0. The van der Waals surface area contributed by atoms with Crippen molar-refractivity contribution in [3.63, 3.8) is 0 Å². The van der Waals surface area contributed by atoms with E-state index in [1.54, 1.807) is 24.3 Å². The number of anilines is 1. The van der Waals surface area contributed by atoms with Gasteiger partial charge in [-0.2, -0.15) is 10.2 Å². The predicted molar refractivity (Wildman–Crippen MR) is 112 cm³/mol. The summed E-state index contributed by atoms with van der Waals surface area (Å²) in [4.78, 5) is 31.4. The maximum absolute atomic E-state index is 13.0. The summed E-state index contributed by atoms with van der Waals surface area (Å²) in [5.74, 6) is -0.268. The SMILES string of the molecule is CCN1CCN([C@H]2CC(=O)N(c3ccc(N=Nc4ccccc4)cc3)C2=O)CC1. The molecule has 150 valence electrons. The Morgan fingerprint density at radius 3 is 2.10 bits per heavy atom. The van der Waals surface area contributed by atoms with Gasteiger partial charge in [-0.25, -0.2) is 4.90 Å². The number of likely N-dealkylation sites (N-methyl/N-ethyl adjacent to an activating group) is 1. The lowest BCUT2D eigenvalue weighted by Crippen LogP contribution is -2.52. The Kier molecular flexibility index (Phi) is 5.78. The van der Waals surface area contributed by atoms with Crippen LogP contribution in [0.25, 0.3) is 0 Å². The third kappa shape index (κ3) is 4.26. The molecule has 0 radical (unpaired) electrons. The molecule has 2 heterocycles. The van der Waals surface area contributed by atoms with Crippen molar-refractivity contribution in [1.82, 2.24) is 9.80 Å². The van der Waals surface area contributed by atoms with Crippen LogP contribution in [-0.4, -0.2) is 60.4 Å². The number of carbonyl (C=O) groups excluding carboxylic acids is 2. The molecule has 2 aromatic carbocycles. The fourth-order valence-corrected chi connectivity index (χ4v) is 3.84. The van der Waals surface area contributed by atoms with Crippen molar-refractivity contribution < 1.29 is 9.59 Å². The number of amides is 2. The Hall–Kier alpha value is -2.90. The Morgan fingerprint density at radius 2 is 1.48 bits per heavy atom. The molecule has 4 rings (SSSR count). The van der Waals surface area contributed by atoms with Crippen LogP contribution in [0.4, 0.5) is 17.1 Å². The van der Waals surface area contributed by atoms with Gasteiger partial charge in [0, 0.05) is 26.2 Å². The number of hydrogen-bond acceptors (Lipinski definition) is 6. The number of hydrogen-bond donors (Lipinski definition) is 0. The normalized spacial score (nSPS) is 21.4. The van der Waals surface area contributed by atoms with Crippen LogP contribution in [0.1, 0.15) is 13.3 Å². The van der Waals surface area contributed by atoms with E-state index in [1.807, 2.05) is 30.3 Å². The molecule has 0 spiro atoms. The van der Waals surface area contributed by atoms with Gasteiger partial charge in [0.15, 0.2) is 0 Å². The molecule has 7 nitrogen and oxygen atoms in total. The van der Waals surface area contributed by atoms with Crippen LogP contribution in [0, 0.1) is 0 Å². The first-order valence-corrected chi connectivity index (χ1v) is 10.1. The molecule has 7 heteroatoms. The van der Waals surface area contributed by atoms with Gasteiger partial charge in [0.05, 0.1) is 29.5 Å². The van der Waals surface area contributed by atoms with Gasteiger partial charge >= 0.3 is 0 Å². The standard InChI is InChI=1S/C22H25N5O2/c1-2-25-12-14-26(15-13-25)20-16-21(28)27(22(20)29)19-10-8-18(9-11-19)24-23-17-6-4-3-5-7-17/h3-11,20H,2,12-16H2,1H3/t20-/m0/s1. The lowest BCUT2D eigenvalue weighted by molar-refractivity contribution is -0.123. The van der Waals surface area contributed by atoms with Gasteiger partial charge in [-0.05, 0) is 42.9 Å². The third-order valence-electron chi connectivity index (χ3n) is 5.56. The van der Waals surface area contributed by atoms with Crippen LogP contribution in [0.2, 0.25) is 0 Å². The van der Waals surface area contributed by atoms with E-state index in [-0.39, 0.29) is 24.3 Å². The number of benzene rings is 2. The van der Waals surface area contributed by atoms with Crippen molar-refractivity contribution in [3.05, 3.63) is 54.6 Å². The molecule has 0 bridgehead atoms. The molecule has 2 saturated heterocycles. The van der Waals surface area contributed by atoms with Crippen molar-refractivity contribution in [2.45, 2.75) is 19.4 Å². The number of carbonyl (C=O) groups is 2. The maximum atomic E-state index is 13.0. The first kappa shape index (κ1) is 19.4. The number of rotatable bonds is 5. The van der Waals surface area contributed by atoms with Crippen LogP contribution < -0.4 is 4.90 Å². The van der Waals surface area contributed by atoms with Gasteiger partial charge in [0.1, 0.15) is 0 Å². The fraction of sp³-hybridized carbons (Fsp3) is 0.364. The second kappa shape index (κ2) is 8.63. The quantitative estimate of drug-likeness (QED) is 0.579. The van der Waals surface area contributed by atoms with E-state index in [4.69, 9.17) is 0 Å². The highest BCUT2D eigenvalue weighted by molar-refractivity contribution is 6.22. The van der Waals surface area contributed by atoms with E-state index in [1.165, 1.54) is 4.90 Å². The van der Waals surface area contributed by atoms with E-state index in [0.29, 0.717) is 11.4 Å². The van der Waals surface area contributed by atoms with Gasteiger partial charge in [-0.1, -0.05) is 25.1 Å². The fourth-order valence-electron chi connectivity index (χ4n) is 3.84. The number of piperazine rings is 1. The smallest absolute Gasteiger partial charge is 0.251 e. The zero-order chi connectivity index (χ0) is 20.2. The molecule has 2 aliphatic heterocycles. The minimum absolute atomic E-state index is 0.126. The first-order chi connectivity index (χ1) is 14.2. The lowest BCUT2D eigenvalue weighted by atomic mass is 10.1. The average Bonchev–Trinajstić information content (AvgIpc) is 3.07. The topological polar surface area (TPSA) is 68.6 Å². The first-order valence-electron chi connectivity index (χ1n) is 10.1. The second-order valence-corrected chi connectivity index (χ2v) is 7.31. The molecule has 29 heavy (non-hydrogen) atoms. The molecule has 0 saturated carbocycles. The summed E-state index contributed by atoms with van der Waals surface area (Å²) >= 11 is 0. The van der Waals surface area contributed by atoms with Crippen molar-refractivity contribution >= 4 is 28.9 Å². The van der Waals surface area contributed by atoms with Gasteiger partial charge in [0.25, 0.3) is 5.91 Å². The lowest BCUT2D eigenvalue weighted by Gasteiger charge is -2.36. The van der Waals surface area contributed by atoms with Crippen molar-refractivity contribution in [2.24, 2.45) is 10.2 Å². The third-order valence-corrected chi connectivity index (χ3v) is 5.56.